The lowest BCUT2D eigenvalue weighted by Gasteiger charge is -2.36. The Kier molecular flexibility index (Phi) is 5.21. The summed E-state index contributed by atoms with van der Waals surface area (Å²) in [6.45, 7) is 4.70. The maximum absolute atomic E-state index is 13.8. The van der Waals surface area contributed by atoms with Gasteiger partial charge in [0.2, 0.25) is 0 Å². The quantitative estimate of drug-likeness (QED) is 0.433. The molecule has 1 amide bonds. The van der Waals surface area contributed by atoms with Gasteiger partial charge in [0, 0.05) is 44.0 Å². The topological polar surface area (TPSA) is 67.2 Å². The number of hydrogen-bond acceptors (Lipinski definition) is 5. The van der Waals surface area contributed by atoms with Gasteiger partial charge < -0.3 is 9.80 Å². The van der Waals surface area contributed by atoms with Crippen molar-refractivity contribution in [2.75, 3.05) is 31.1 Å². The molecule has 4 aromatic rings. The second-order valence-electron chi connectivity index (χ2n) is 8.98. The van der Waals surface area contributed by atoms with Gasteiger partial charge in [0.1, 0.15) is 0 Å². The Labute approximate surface area is 203 Å². The van der Waals surface area contributed by atoms with Crippen LogP contribution in [0.4, 0.5) is 5.69 Å². The third-order valence-corrected chi connectivity index (χ3v) is 7.00. The van der Waals surface area contributed by atoms with Crippen molar-refractivity contribution in [2.24, 2.45) is 0 Å². The number of amides is 1. The van der Waals surface area contributed by atoms with Gasteiger partial charge in [0.15, 0.2) is 11.5 Å². The summed E-state index contributed by atoms with van der Waals surface area (Å²) < 4.78 is 1.77. The molecule has 0 bridgehead atoms. The Morgan fingerprint density at radius 3 is 2.50 bits per heavy atom. The van der Waals surface area contributed by atoms with Crippen molar-refractivity contribution in [2.45, 2.75) is 25.7 Å². The minimum atomic E-state index is 0.0387. The minimum Gasteiger partial charge on any atom is -0.367 e. The van der Waals surface area contributed by atoms with E-state index in [0.717, 1.165) is 53.4 Å². The molecule has 1 aromatic carbocycles. The molecule has 0 radical (unpaired) electrons. The first-order valence-electron chi connectivity index (χ1n) is 11.7. The number of para-hydroxylation sites is 1. The molecule has 1 saturated carbocycles. The number of benzene rings is 1. The van der Waals surface area contributed by atoms with E-state index in [1.54, 1.807) is 10.9 Å². The highest BCUT2D eigenvalue weighted by molar-refractivity contribution is 6.33. The van der Waals surface area contributed by atoms with E-state index in [1.165, 1.54) is 0 Å². The van der Waals surface area contributed by atoms with E-state index in [0.29, 0.717) is 36.0 Å². The van der Waals surface area contributed by atoms with Crippen LogP contribution in [0.15, 0.2) is 54.7 Å². The Hall–Kier alpha value is -3.45. The summed E-state index contributed by atoms with van der Waals surface area (Å²) >= 11 is 6.40. The van der Waals surface area contributed by atoms with Crippen molar-refractivity contribution in [1.29, 1.82) is 0 Å². The number of rotatable bonds is 4. The number of nitrogens with zero attached hydrogens (tertiary/aromatic N) is 6. The van der Waals surface area contributed by atoms with Crippen molar-refractivity contribution in [3.63, 3.8) is 0 Å². The number of anilines is 1. The maximum atomic E-state index is 13.8. The molecule has 172 valence electrons. The van der Waals surface area contributed by atoms with E-state index >= 15 is 0 Å². The summed E-state index contributed by atoms with van der Waals surface area (Å²) in [6.07, 6.45) is 3.96. The second kappa shape index (κ2) is 8.40. The van der Waals surface area contributed by atoms with Crippen molar-refractivity contribution in [1.82, 2.24) is 24.6 Å². The number of aryl methyl sites for hydroxylation is 1. The van der Waals surface area contributed by atoms with Crippen molar-refractivity contribution in [3.8, 4) is 5.82 Å². The summed E-state index contributed by atoms with van der Waals surface area (Å²) in [7, 11) is 0. The molecule has 1 saturated heterocycles. The van der Waals surface area contributed by atoms with Crippen LogP contribution in [0.3, 0.4) is 0 Å². The van der Waals surface area contributed by atoms with E-state index < -0.39 is 0 Å². The molecule has 1 aliphatic carbocycles. The molecule has 0 spiro atoms. The van der Waals surface area contributed by atoms with E-state index in [4.69, 9.17) is 21.7 Å². The van der Waals surface area contributed by atoms with Crippen LogP contribution < -0.4 is 4.90 Å². The number of carbonyl (C=O) groups excluding carboxylic acids is 1. The average molecular weight is 473 g/mol. The average Bonchev–Trinajstić information content (AvgIpc) is 3.68. The smallest absolute Gasteiger partial charge is 0.254 e. The van der Waals surface area contributed by atoms with E-state index in [1.807, 2.05) is 60.4 Å². The summed E-state index contributed by atoms with van der Waals surface area (Å²) in [6, 6.07) is 15.6. The second-order valence-corrected chi connectivity index (χ2v) is 9.39. The van der Waals surface area contributed by atoms with Gasteiger partial charge in [-0.25, -0.2) is 9.97 Å². The highest BCUT2D eigenvalue weighted by Gasteiger charge is 2.31. The van der Waals surface area contributed by atoms with Crippen LogP contribution in [-0.2, 0) is 0 Å². The lowest BCUT2D eigenvalue weighted by Crippen LogP contribution is -2.49. The van der Waals surface area contributed by atoms with E-state index in [9.17, 15) is 4.79 Å². The largest absolute Gasteiger partial charge is 0.367 e. The fraction of sp³-hybridized carbons (Fsp3) is 0.308. The van der Waals surface area contributed by atoms with Crippen LogP contribution in [0.5, 0.6) is 0 Å². The van der Waals surface area contributed by atoms with Gasteiger partial charge in [-0.15, -0.1) is 0 Å². The molecule has 3 aromatic heterocycles. The van der Waals surface area contributed by atoms with Crippen LogP contribution in [0.2, 0.25) is 5.02 Å². The van der Waals surface area contributed by atoms with Crippen LogP contribution >= 0.6 is 11.6 Å². The Balaban J connectivity index is 1.35. The fourth-order valence-corrected chi connectivity index (χ4v) is 4.99. The van der Waals surface area contributed by atoms with Crippen LogP contribution in [0, 0.1) is 6.92 Å². The number of carbonyl (C=O) groups is 1. The first kappa shape index (κ1) is 21.1. The number of hydrogen-bond donors (Lipinski definition) is 0. The van der Waals surface area contributed by atoms with Crippen LogP contribution in [-0.4, -0.2) is 56.7 Å². The van der Waals surface area contributed by atoms with E-state index in [2.05, 4.69) is 9.88 Å². The standard InChI is InChI=1S/C26H25ClN6O/c1-17-24-19(26(34)32-14-12-31(13-15-32)22-7-3-2-6-20(22)27)16-21(18-9-10-18)29-25(24)33(30-17)23-8-4-5-11-28-23/h2-8,11,16,18H,9-10,12-15H2,1H3. The highest BCUT2D eigenvalue weighted by Crippen LogP contribution is 2.41. The summed E-state index contributed by atoms with van der Waals surface area (Å²) in [5.41, 5.74) is 4.18. The fourth-order valence-electron chi connectivity index (χ4n) is 4.73. The molecule has 34 heavy (non-hydrogen) atoms. The summed E-state index contributed by atoms with van der Waals surface area (Å²) in [5, 5.41) is 6.28. The van der Waals surface area contributed by atoms with Gasteiger partial charge in [0.05, 0.1) is 27.4 Å². The van der Waals surface area contributed by atoms with Gasteiger partial charge in [0.25, 0.3) is 5.91 Å². The molecule has 0 unspecified atom stereocenters. The predicted octanol–water partition coefficient (Wildman–Crippen LogP) is 4.62. The first-order chi connectivity index (χ1) is 16.6. The Bertz CT molecular complexity index is 1370. The molecular formula is C26H25ClN6O. The van der Waals surface area contributed by atoms with Gasteiger partial charge in [-0.05, 0) is 50.1 Å². The molecule has 8 heteroatoms. The Morgan fingerprint density at radius 1 is 1.03 bits per heavy atom. The summed E-state index contributed by atoms with van der Waals surface area (Å²) in [5.74, 6) is 1.16. The monoisotopic (exact) mass is 472 g/mol. The lowest BCUT2D eigenvalue weighted by molar-refractivity contribution is 0.0748. The van der Waals surface area contributed by atoms with Gasteiger partial charge >= 0.3 is 0 Å². The van der Waals surface area contributed by atoms with Crippen molar-refractivity contribution < 1.29 is 4.79 Å². The molecule has 2 aliphatic rings. The molecule has 6 rings (SSSR count). The lowest BCUT2D eigenvalue weighted by atomic mass is 10.1. The third-order valence-electron chi connectivity index (χ3n) is 6.68. The molecule has 0 atom stereocenters. The predicted molar refractivity (Wildman–Crippen MR) is 133 cm³/mol. The highest BCUT2D eigenvalue weighted by atomic mass is 35.5. The molecule has 7 nitrogen and oxygen atoms in total. The summed E-state index contributed by atoms with van der Waals surface area (Å²) in [4.78, 5) is 27.4. The van der Waals surface area contributed by atoms with Crippen molar-refractivity contribution in [3.05, 3.63) is 76.7 Å². The van der Waals surface area contributed by atoms with Gasteiger partial charge in [-0.2, -0.15) is 9.78 Å². The minimum absolute atomic E-state index is 0.0387. The molecule has 4 heterocycles. The molecular weight excluding hydrogens is 448 g/mol. The molecule has 0 N–H and O–H groups in total. The van der Waals surface area contributed by atoms with Gasteiger partial charge in [-0.1, -0.05) is 29.8 Å². The molecule has 2 fully saturated rings. The zero-order valence-electron chi connectivity index (χ0n) is 19.0. The maximum Gasteiger partial charge on any atom is 0.254 e. The van der Waals surface area contributed by atoms with Gasteiger partial charge in [-0.3, -0.25) is 4.79 Å². The SMILES string of the molecule is Cc1nn(-c2ccccn2)c2nc(C3CC3)cc(C(=O)N3CCN(c4ccccc4Cl)CC3)c12. The zero-order chi connectivity index (χ0) is 23.2. The number of pyridine rings is 2. The van der Waals surface area contributed by atoms with Crippen LogP contribution in [0.1, 0.15) is 40.5 Å². The first-order valence-corrected chi connectivity index (χ1v) is 12.1. The van der Waals surface area contributed by atoms with Crippen LogP contribution in [0.25, 0.3) is 16.9 Å². The Morgan fingerprint density at radius 2 is 1.79 bits per heavy atom. The number of fused-ring (bicyclic) bond motifs is 1. The number of piperazine rings is 1. The number of halogens is 1. The normalized spacial score (nSPS) is 16.3. The van der Waals surface area contributed by atoms with E-state index in [-0.39, 0.29) is 5.91 Å². The zero-order valence-corrected chi connectivity index (χ0v) is 19.7. The number of aromatic nitrogens is 4. The van der Waals surface area contributed by atoms with Crippen molar-refractivity contribution >= 4 is 34.2 Å². The molecule has 1 aliphatic heterocycles. The third kappa shape index (κ3) is 3.70.